The smallest absolute Gasteiger partial charge is 0.727 e. The van der Waals surface area contributed by atoms with Crippen LogP contribution in [0.15, 0.2) is 30.3 Å². The Morgan fingerprint density at radius 1 is 1.12 bits per heavy atom. The van der Waals surface area contributed by atoms with Crippen LogP contribution in [-0.4, -0.2) is 18.6 Å². The maximum atomic E-state index is 8.67. The van der Waals surface area contributed by atoms with Crippen molar-refractivity contribution in [2.45, 2.75) is 19.8 Å². The van der Waals surface area contributed by atoms with Crippen molar-refractivity contribution in [2.24, 2.45) is 0 Å². The molecule has 0 aliphatic heterocycles. The first kappa shape index (κ1) is 21.5. The Hall–Kier alpha value is 0.210. The van der Waals surface area contributed by atoms with Gasteiger partial charge in [0.2, 0.25) is 0 Å². The minimum atomic E-state index is -2.61. The van der Waals surface area contributed by atoms with Crippen LogP contribution in [0.1, 0.15) is 25.3 Å². The van der Waals surface area contributed by atoms with E-state index in [0.29, 0.717) is 5.92 Å². The van der Waals surface area contributed by atoms with Gasteiger partial charge in [-0.05, 0) is 11.5 Å². The second-order valence-corrected chi connectivity index (χ2v) is 3.26. The molecule has 0 fully saturated rings. The van der Waals surface area contributed by atoms with Crippen LogP contribution < -0.4 is 34.8 Å². The predicted molar refractivity (Wildman–Crippen MR) is 56.6 cm³/mol. The fraction of sp³-hybridized carbons (Fsp3) is 0.333. The van der Waals surface area contributed by atoms with Gasteiger partial charge in [0.15, 0.2) is 0 Å². The standard InChI is InChI=1S/C9H12.Na.H2O3S.H2O2/c1-8(2)9-6-4-3-5-7-9;;1-4(2)3;1-2/h3-8H,1-2H3;;(H2,1,2,3);1-2H/q;+1;;/p-1. The normalized spacial score (nSPS) is 8.25. The number of hydrogen-bond acceptors (Lipinski definition) is 3. The minimum absolute atomic E-state index is 0. The van der Waals surface area contributed by atoms with Crippen LogP contribution >= 0.6 is 0 Å². The van der Waals surface area contributed by atoms with E-state index in [0.717, 1.165) is 0 Å². The number of rotatable bonds is 1. The van der Waals surface area contributed by atoms with E-state index in [1.165, 1.54) is 5.56 Å². The molecule has 0 amide bonds. The molecular formula is C9H15NaO5S. The van der Waals surface area contributed by atoms with E-state index >= 15 is 0 Å². The van der Waals surface area contributed by atoms with Gasteiger partial charge in [-0.1, -0.05) is 44.2 Å². The molecule has 0 bridgehead atoms. The summed E-state index contributed by atoms with van der Waals surface area (Å²) in [6, 6.07) is 10.5. The van der Waals surface area contributed by atoms with Crippen molar-refractivity contribution in [2.75, 3.05) is 0 Å². The van der Waals surface area contributed by atoms with Gasteiger partial charge in [-0.2, -0.15) is 4.21 Å². The Kier molecular flexibility index (Phi) is 20.4. The summed E-state index contributed by atoms with van der Waals surface area (Å²) in [5.74, 6) is 0.659. The fourth-order valence-electron chi connectivity index (χ4n) is 0.838. The van der Waals surface area contributed by atoms with Gasteiger partial charge in [-0.25, -0.2) is 0 Å². The zero-order chi connectivity index (χ0) is 12.3. The van der Waals surface area contributed by atoms with Crippen molar-refractivity contribution in [1.82, 2.24) is 0 Å². The SMILES string of the molecule is CC(C)c1ccccc1.O=S(O)O.[Na+].[O-]O. The quantitative estimate of drug-likeness (QED) is 0.242. The van der Waals surface area contributed by atoms with Crippen molar-refractivity contribution < 1.29 is 53.4 Å². The molecule has 0 spiro atoms. The molecule has 1 rings (SSSR count). The second-order valence-electron chi connectivity index (χ2n) is 2.80. The third-order valence-corrected chi connectivity index (χ3v) is 1.47. The molecule has 1 aromatic rings. The van der Waals surface area contributed by atoms with Crippen molar-refractivity contribution in [1.29, 1.82) is 0 Å². The van der Waals surface area contributed by atoms with Gasteiger partial charge in [-0.3, -0.25) is 9.11 Å². The maximum Gasteiger partial charge on any atom is 1.00 e. The summed E-state index contributed by atoms with van der Waals surface area (Å²) < 4.78 is 22.8. The number of benzene rings is 1. The molecule has 5 nitrogen and oxygen atoms in total. The molecule has 16 heavy (non-hydrogen) atoms. The summed E-state index contributed by atoms with van der Waals surface area (Å²) in [6.07, 6.45) is 0. The molecular weight excluding hydrogens is 243 g/mol. The Balaban J connectivity index is -0.000000209. The predicted octanol–water partition coefficient (Wildman–Crippen LogP) is -1.69. The molecule has 0 heterocycles. The molecule has 0 atom stereocenters. The van der Waals surface area contributed by atoms with Gasteiger partial charge in [0.25, 0.3) is 11.4 Å². The first-order valence-corrected chi connectivity index (χ1v) is 5.13. The molecule has 0 aliphatic carbocycles. The zero-order valence-electron chi connectivity index (χ0n) is 9.53. The third-order valence-electron chi connectivity index (χ3n) is 1.47. The summed E-state index contributed by atoms with van der Waals surface area (Å²) >= 11 is -2.61. The van der Waals surface area contributed by atoms with Crippen LogP contribution in [0.5, 0.6) is 0 Å². The molecule has 3 N–H and O–H groups in total. The van der Waals surface area contributed by atoms with Crippen LogP contribution in [0, 0.1) is 0 Å². The van der Waals surface area contributed by atoms with Crippen LogP contribution in [0.3, 0.4) is 0 Å². The van der Waals surface area contributed by atoms with E-state index in [1.54, 1.807) is 0 Å². The molecule has 0 unspecified atom stereocenters. The summed E-state index contributed by atoms with van der Waals surface area (Å²) in [6.45, 7) is 4.41. The van der Waals surface area contributed by atoms with Crippen LogP contribution in [-0.2, 0) is 11.4 Å². The summed E-state index contributed by atoms with van der Waals surface area (Å²) in [7, 11) is 0. The average molecular weight is 258 g/mol. The van der Waals surface area contributed by atoms with E-state index in [2.05, 4.69) is 38.1 Å². The molecule has 0 saturated heterocycles. The second kappa shape index (κ2) is 15.2. The molecule has 0 aromatic heterocycles. The van der Waals surface area contributed by atoms with Gasteiger partial charge in [-0.15, -0.1) is 0 Å². The monoisotopic (exact) mass is 258 g/mol. The van der Waals surface area contributed by atoms with Crippen molar-refractivity contribution in [3.05, 3.63) is 35.9 Å². The topological polar surface area (TPSA) is 101 Å². The first-order chi connectivity index (χ1) is 7.04. The molecule has 0 saturated carbocycles. The van der Waals surface area contributed by atoms with Gasteiger partial charge < -0.3 is 10.5 Å². The maximum absolute atomic E-state index is 8.67. The number of hydrogen-bond donors (Lipinski definition) is 3. The van der Waals surface area contributed by atoms with Crippen molar-refractivity contribution in [3.63, 3.8) is 0 Å². The largest absolute Gasteiger partial charge is 1.00 e. The Bertz CT molecular complexity index is 251. The van der Waals surface area contributed by atoms with E-state index in [9.17, 15) is 0 Å². The average Bonchev–Trinajstić information content (AvgIpc) is 2.21. The van der Waals surface area contributed by atoms with Crippen LogP contribution in [0.2, 0.25) is 0 Å². The summed E-state index contributed by atoms with van der Waals surface area (Å²) in [5, 5.41) is 13.0. The van der Waals surface area contributed by atoms with Crippen LogP contribution in [0.25, 0.3) is 0 Å². The first-order valence-electron chi connectivity index (χ1n) is 4.07. The Morgan fingerprint density at radius 3 is 1.62 bits per heavy atom. The van der Waals surface area contributed by atoms with E-state index < -0.39 is 11.4 Å². The Morgan fingerprint density at radius 2 is 1.44 bits per heavy atom. The van der Waals surface area contributed by atoms with Crippen LogP contribution in [0.4, 0.5) is 0 Å². The molecule has 88 valence electrons. The molecule has 0 radical (unpaired) electrons. The van der Waals surface area contributed by atoms with E-state index in [-0.39, 0.29) is 29.6 Å². The van der Waals surface area contributed by atoms with Gasteiger partial charge in [0.1, 0.15) is 0 Å². The Labute approximate surface area is 120 Å². The summed E-state index contributed by atoms with van der Waals surface area (Å²) in [5.41, 5.74) is 1.41. The van der Waals surface area contributed by atoms with Gasteiger partial charge in [0.05, 0.1) is 0 Å². The summed E-state index contributed by atoms with van der Waals surface area (Å²) in [4.78, 5) is 0. The minimum Gasteiger partial charge on any atom is -0.727 e. The zero-order valence-corrected chi connectivity index (χ0v) is 12.3. The van der Waals surface area contributed by atoms with Crippen molar-refractivity contribution >= 4 is 11.4 Å². The molecule has 1 aromatic carbocycles. The molecule has 0 aliphatic rings. The molecule has 7 heteroatoms. The van der Waals surface area contributed by atoms with Gasteiger partial charge in [0, 0.05) is 0 Å². The third kappa shape index (κ3) is 16.6. The van der Waals surface area contributed by atoms with Gasteiger partial charge >= 0.3 is 29.6 Å². The van der Waals surface area contributed by atoms with E-state index in [1.807, 2.05) is 6.07 Å². The van der Waals surface area contributed by atoms with E-state index in [4.69, 9.17) is 23.8 Å². The van der Waals surface area contributed by atoms with Crippen molar-refractivity contribution in [3.8, 4) is 0 Å². The fourth-order valence-corrected chi connectivity index (χ4v) is 0.838.